The van der Waals surface area contributed by atoms with Crippen LogP contribution in [0.4, 0.5) is 4.79 Å². The van der Waals surface area contributed by atoms with Gasteiger partial charge < -0.3 is 24.7 Å². The molecule has 8 nitrogen and oxygen atoms in total. The van der Waals surface area contributed by atoms with Crippen molar-refractivity contribution in [3.8, 4) is 11.5 Å². The Bertz CT molecular complexity index is 1450. The number of carbonyl (C=O) groups is 1. The first-order chi connectivity index (χ1) is 20.0. The maximum atomic E-state index is 13.5. The molecular formula is C32H36ClN3O5. The van der Waals surface area contributed by atoms with Gasteiger partial charge >= 0.3 is 6.09 Å². The molecule has 1 atom stereocenters. The predicted molar refractivity (Wildman–Crippen MR) is 160 cm³/mol. The molecule has 216 valence electrons. The second-order valence-corrected chi connectivity index (χ2v) is 10.7. The second-order valence-electron chi connectivity index (χ2n) is 10.3. The number of nitrogens with one attached hydrogen (secondary N) is 1. The zero-order valence-electron chi connectivity index (χ0n) is 23.2. The second kappa shape index (κ2) is 13.4. The summed E-state index contributed by atoms with van der Waals surface area (Å²) in [5, 5.41) is 20.1. The van der Waals surface area contributed by atoms with Crippen LogP contribution in [0, 0.1) is 6.92 Å². The van der Waals surface area contributed by atoms with Gasteiger partial charge in [-0.15, -0.1) is 0 Å². The van der Waals surface area contributed by atoms with Gasteiger partial charge in [0.25, 0.3) is 0 Å². The Morgan fingerprint density at radius 1 is 1.00 bits per heavy atom. The van der Waals surface area contributed by atoms with Crippen molar-refractivity contribution in [1.82, 2.24) is 14.8 Å². The summed E-state index contributed by atoms with van der Waals surface area (Å²) in [6.45, 7) is 4.91. The van der Waals surface area contributed by atoms with Crippen LogP contribution in [0.5, 0.6) is 11.5 Å². The van der Waals surface area contributed by atoms with Crippen molar-refractivity contribution in [2.24, 2.45) is 0 Å². The van der Waals surface area contributed by atoms with Gasteiger partial charge in [0.1, 0.15) is 17.5 Å². The zero-order chi connectivity index (χ0) is 28.8. The molecule has 0 saturated heterocycles. The molecule has 9 heteroatoms. The topological polar surface area (TPSA) is 98.3 Å². The molecule has 3 aromatic carbocycles. The Kier molecular flexibility index (Phi) is 9.46. The van der Waals surface area contributed by atoms with E-state index in [1.54, 1.807) is 4.90 Å². The minimum absolute atomic E-state index is 0.0597. The number of nitrogens with zero attached hydrogens (tertiary/aromatic N) is 2. The highest BCUT2D eigenvalue weighted by Gasteiger charge is 2.35. The number of aryl methyl sites for hydroxylation is 1. The van der Waals surface area contributed by atoms with Crippen molar-refractivity contribution in [1.29, 1.82) is 0 Å². The van der Waals surface area contributed by atoms with E-state index >= 15 is 0 Å². The van der Waals surface area contributed by atoms with Crippen molar-refractivity contribution in [3.63, 3.8) is 0 Å². The lowest BCUT2D eigenvalue weighted by Gasteiger charge is -2.35. The number of aromatic amines is 1. The number of H-pyrrole nitrogens is 1. The number of ether oxygens (including phenoxy) is 2. The molecular weight excluding hydrogens is 542 g/mol. The zero-order valence-corrected chi connectivity index (χ0v) is 23.9. The lowest BCUT2D eigenvalue weighted by molar-refractivity contribution is 0.135. The van der Waals surface area contributed by atoms with Crippen molar-refractivity contribution in [2.45, 2.75) is 25.8 Å². The van der Waals surface area contributed by atoms with E-state index in [4.69, 9.17) is 21.1 Å². The number of aliphatic hydroxyl groups is 2. The Morgan fingerprint density at radius 3 is 2.41 bits per heavy atom. The summed E-state index contributed by atoms with van der Waals surface area (Å²) in [7, 11) is 0. The first kappa shape index (κ1) is 29.0. The standard InChI is InChI=1S/C32H36ClN3O5/c1-22-3-8-26(9-4-22)41-32(39)36-15-13-27-28-21-24(33)7-12-29(28)34-30(27)31(36)23-5-10-25(11-6-23)40-20-2-14-35(16-18-37)17-19-38/h3-12,21,31,34,37-38H,2,13-20H2,1H3. The Labute approximate surface area is 245 Å². The van der Waals surface area contributed by atoms with E-state index in [-0.39, 0.29) is 19.3 Å². The van der Waals surface area contributed by atoms with Crippen LogP contribution in [0.3, 0.4) is 0 Å². The third kappa shape index (κ3) is 6.85. The van der Waals surface area contributed by atoms with Gasteiger partial charge in [-0.2, -0.15) is 0 Å². The number of hydrogen-bond acceptors (Lipinski definition) is 6. The molecule has 0 bridgehead atoms. The highest BCUT2D eigenvalue weighted by Crippen LogP contribution is 2.40. The van der Waals surface area contributed by atoms with Gasteiger partial charge in [-0.1, -0.05) is 41.4 Å². The van der Waals surface area contributed by atoms with Crippen LogP contribution >= 0.6 is 11.6 Å². The van der Waals surface area contributed by atoms with Gasteiger partial charge in [-0.25, -0.2) is 4.79 Å². The molecule has 0 aliphatic carbocycles. The summed E-state index contributed by atoms with van der Waals surface area (Å²) in [6, 6.07) is 20.7. The fourth-order valence-corrected chi connectivity index (χ4v) is 5.58. The van der Waals surface area contributed by atoms with Gasteiger partial charge in [0.05, 0.1) is 19.8 Å². The fraction of sp³-hybridized carbons (Fsp3) is 0.344. The number of fused-ring (bicyclic) bond motifs is 3. The normalized spacial score (nSPS) is 14.9. The Morgan fingerprint density at radius 2 is 1.71 bits per heavy atom. The molecule has 0 fully saturated rings. The number of benzene rings is 3. The van der Waals surface area contributed by atoms with E-state index < -0.39 is 6.09 Å². The molecule has 4 aromatic rings. The maximum absolute atomic E-state index is 13.5. The van der Waals surface area contributed by atoms with Crippen LogP contribution < -0.4 is 9.47 Å². The molecule has 0 saturated carbocycles. The molecule has 1 amide bonds. The first-order valence-corrected chi connectivity index (χ1v) is 14.4. The van der Waals surface area contributed by atoms with E-state index in [9.17, 15) is 15.0 Å². The maximum Gasteiger partial charge on any atom is 0.416 e. The smallest absolute Gasteiger partial charge is 0.416 e. The summed E-state index contributed by atoms with van der Waals surface area (Å²) in [5.74, 6) is 1.24. The summed E-state index contributed by atoms with van der Waals surface area (Å²) >= 11 is 6.33. The number of rotatable bonds is 11. The third-order valence-corrected chi connectivity index (χ3v) is 7.70. The van der Waals surface area contributed by atoms with Crippen LogP contribution in [-0.2, 0) is 6.42 Å². The molecule has 41 heavy (non-hydrogen) atoms. The summed E-state index contributed by atoms with van der Waals surface area (Å²) in [4.78, 5) is 20.8. The highest BCUT2D eigenvalue weighted by atomic mass is 35.5. The molecule has 2 heterocycles. The lowest BCUT2D eigenvalue weighted by atomic mass is 9.92. The monoisotopic (exact) mass is 577 g/mol. The van der Waals surface area contributed by atoms with Crippen LogP contribution in [0.1, 0.15) is 34.8 Å². The molecule has 3 N–H and O–H groups in total. The number of halogens is 1. The largest absolute Gasteiger partial charge is 0.494 e. The average molecular weight is 578 g/mol. The Hall–Kier alpha value is -3.56. The minimum Gasteiger partial charge on any atom is -0.494 e. The quantitative estimate of drug-likeness (QED) is 0.208. The predicted octanol–water partition coefficient (Wildman–Crippen LogP) is 5.33. The highest BCUT2D eigenvalue weighted by molar-refractivity contribution is 6.31. The molecule has 5 rings (SSSR count). The molecule has 1 aliphatic rings. The minimum atomic E-state index is -0.406. The van der Waals surface area contributed by atoms with Gasteiger partial charge in [-0.05, 0) is 73.4 Å². The number of aromatic nitrogens is 1. The van der Waals surface area contributed by atoms with Gasteiger partial charge in [0, 0.05) is 47.8 Å². The van der Waals surface area contributed by atoms with Gasteiger partial charge in [-0.3, -0.25) is 9.80 Å². The SMILES string of the molecule is Cc1ccc(OC(=O)N2CCc3c([nH]c4ccc(Cl)cc34)C2c2ccc(OCCCN(CCO)CCO)cc2)cc1. The van der Waals surface area contributed by atoms with Crippen molar-refractivity contribution < 1.29 is 24.5 Å². The molecule has 0 radical (unpaired) electrons. The van der Waals surface area contributed by atoms with Gasteiger partial charge in [0.2, 0.25) is 0 Å². The van der Waals surface area contributed by atoms with Crippen molar-refractivity contribution >= 4 is 28.6 Å². The fourth-order valence-electron chi connectivity index (χ4n) is 5.41. The lowest BCUT2D eigenvalue weighted by Crippen LogP contribution is -2.42. The van der Waals surface area contributed by atoms with Crippen LogP contribution in [0.2, 0.25) is 5.02 Å². The van der Waals surface area contributed by atoms with Crippen molar-refractivity contribution in [2.75, 3.05) is 46.0 Å². The van der Waals surface area contributed by atoms with Crippen LogP contribution in [0.25, 0.3) is 10.9 Å². The van der Waals surface area contributed by atoms with Gasteiger partial charge in [0.15, 0.2) is 0 Å². The van der Waals surface area contributed by atoms with E-state index in [1.807, 2.05) is 78.6 Å². The van der Waals surface area contributed by atoms with Crippen molar-refractivity contribution in [3.05, 3.63) is 94.1 Å². The first-order valence-electron chi connectivity index (χ1n) is 14.0. The third-order valence-electron chi connectivity index (χ3n) is 7.47. The molecule has 0 spiro atoms. The Balaban J connectivity index is 1.36. The number of aliphatic hydroxyl groups excluding tert-OH is 2. The number of amides is 1. The number of hydrogen-bond donors (Lipinski definition) is 3. The van der Waals surface area contributed by atoms with Crippen LogP contribution in [-0.4, -0.2) is 77.1 Å². The summed E-state index contributed by atoms with van der Waals surface area (Å²) < 4.78 is 11.8. The summed E-state index contributed by atoms with van der Waals surface area (Å²) in [6.07, 6.45) is 1.04. The molecule has 1 aromatic heterocycles. The van der Waals surface area contributed by atoms with Crippen LogP contribution in [0.15, 0.2) is 66.7 Å². The van der Waals surface area contributed by atoms with E-state index in [1.165, 1.54) is 0 Å². The summed E-state index contributed by atoms with van der Waals surface area (Å²) in [5.41, 5.74) is 5.12. The number of carbonyl (C=O) groups excluding carboxylic acids is 1. The van der Waals surface area contributed by atoms with E-state index in [2.05, 4.69) is 4.98 Å². The molecule has 1 aliphatic heterocycles. The van der Waals surface area contributed by atoms with E-state index in [0.717, 1.165) is 52.0 Å². The van der Waals surface area contributed by atoms with E-state index in [0.29, 0.717) is 43.4 Å². The average Bonchev–Trinajstić information content (AvgIpc) is 3.34. The molecule has 1 unspecified atom stereocenters.